The first-order valence-electron chi connectivity index (χ1n) is 12.5. The Morgan fingerprint density at radius 3 is 2.50 bits per heavy atom. The standard InChI is InChI=1S/C26H29N7O2S/c1-2-30-9-11-31(12-10-30)21-6-3-19(4-7-21)22-18-27-24-8-5-20(29-33(22)24)17-23-25(34)28-26(36-23)32-13-15-35-16-14-32/h3-8,17-18H,2,9-16H2,1H3. The fourth-order valence-electron chi connectivity index (χ4n) is 4.75. The van der Waals surface area contributed by atoms with Crippen LogP contribution < -0.4 is 4.90 Å². The van der Waals surface area contributed by atoms with Crippen LogP contribution in [0.5, 0.6) is 0 Å². The van der Waals surface area contributed by atoms with E-state index in [0.717, 1.165) is 67.9 Å². The number of benzene rings is 1. The normalized spacial score (nSPS) is 20.5. The van der Waals surface area contributed by atoms with Crippen molar-refractivity contribution in [3.8, 4) is 11.3 Å². The van der Waals surface area contributed by atoms with Crippen LogP contribution in [0.3, 0.4) is 0 Å². The number of ether oxygens (including phenoxy) is 1. The molecule has 5 heterocycles. The van der Waals surface area contributed by atoms with Crippen LogP contribution >= 0.6 is 11.8 Å². The number of thioether (sulfide) groups is 1. The Labute approximate surface area is 214 Å². The highest BCUT2D eigenvalue weighted by Gasteiger charge is 2.27. The number of hydrogen-bond donors (Lipinski definition) is 0. The molecule has 1 amide bonds. The number of carbonyl (C=O) groups excluding carboxylic acids is 1. The Morgan fingerprint density at radius 1 is 0.972 bits per heavy atom. The number of imidazole rings is 1. The molecule has 0 radical (unpaired) electrons. The molecule has 3 aromatic rings. The second-order valence-corrected chi connectivity index (χ2v) is 10.1. The summed E-state index contributed by atoms with van der Waals surface area (Å²) in [6.07, 6.45) is 3.66. The van der Waals surface area contributed by atoms with Gasteiger partial charge in [-0.3, -0.25) is 4.79 Å². The van der Waals surface area contributed by atoms with Crippen LogP contribution in [0.2, 0.25) is 0 Å². The second kappa shape index (κ2) is 10.0. The van der Waals surface area contributed by atoms with Gasteiger partial charge in [0.1, 0.15) is 0 Å². The molecule has 3 aliphatic rings. The summed E-state index contributed by atoms with van der Waals surface area (Å²) >= 11 is 1.40. The minimum atomic E-state index is -0.218. The largest absolute Gasteiger partial charge is 0.378 e. The first-order valence-corrected chi connectivity index (χ1v) is 13.3. The molecule has 6 rings (SSSR count). The van der Waals surface area contributed by atoms with Crippen molar-refractivity contribution in [3.05, 3.63) is 53.2 Å². The van der Waals surface area contributed by atoms with Gasteiger partial charge in [-0.25, -0.2) is 9.50 Å². The fraction of sp³-hybridized carbons (Fsp3) is 0.385. The number of rotatable bonds is 4. The predicted molar refractivity (Wildman–Crippen MR) is 143 cm³/mol. The molecule has 2 aromatic heterocycles. The smallest absolute Gasteiger partial charge is 0.286 e. The van der Waals surface area contributed by atoms with Crippen molar-refractivity contribution >= 4 is 40.2 Å². The van der Waals surface area contributed by atoms with E-state index in [1.807, 2.05) is 28.9 Å². The maximum Gasteiger partial charge on any atom is 0.286 e. The van der Waals surface area contributed by atoms with Gasteiger partial charge < -0.3 is 19.4 Å². The first kappa shape index (κ1) is 23.2. The molecule has 9 nitrogen and oxygen atoms in total. The third kappa shape index (κ3) is 4.63. The van der Waals surface area contributed by atoms with Crippen molar-refractivity contribution in [3.63, 3.8) is 0 Å². The average molecular weight is 504 g/mol. The molecule has 3 aliphatic heterocycles. The Morgan fingerprint density at radius 2 is 1.75 bits per heavy atom. The number of anilines is 1. The Hall–Kier alpha value is -3.21. The molecule has 0 spiro atoms. The van der Waals surface area contributed by atoms with Gasteiger partial charge in [0.2, 0.25) is 0 Å². The lowest BCUT2D eigenvalue weighted by Gasteiger charge is -2.35. The second-order valence-electron chi connectivity index (χ2n) is 9.05. The highest BCUT2D eigenvalue weighted by molar-refractivity contribution is 8.18. The van der Waals surface area contributed by atoms with Crippen molar-refractivity contribution in [1.82, 2.24) is 24.4 Å². The highest BCUT2D eigenvalue weighted by Crippen LogP contribution is 2.31. The van der Waals surface area contributed by atoms with Crippen molar-refractivity contribution in [2.45, 2.75) is 6.92 Å². The lowest BCUT2D eigenvalue weighted by atomic mass is 10.1. The summed E-state index contributed by atoms with van der Waals surface area (Å²) in [5.41, 5.74) is 4.68. The summed E-state index contributed by atoms with van der Waals surface area (Å²) in [4.78, 5) is 28.9. The van der Waals surface area contributed by atoms with Crippen LogP contribution in [-0.2, 0) is 9.53 Å². The Balaban J connectivity index is 1.21. The topological polar surface area (TPSA) is 78.6 Å². The molecule has 36 heavy (non-hydrogen) atoms. The lowest BCUT2D eigenvalue weighted by Crippen LogP contribution is -2.46. The molecule has 2 fully saturated rings. The molecule has 0 unspecified atom stereocenters. The number of morpholine rings is 1. The molecule has 1 aromatic carbocycles. The summed E-state index contributed by atoms with van der Waals surface area (Å²) < 4.78 is 7.25. The summed E-state index contributed by atoms with van der Waals surface area (Å²) in [6.45, 7) is 10.5. The maximum absolute atomic E-state index is 12.5. The quantitative estimate of drug-likeness (QED) is 0.503. The van der Waals surface area contributed by atoms with Crippen LogP contribution in [0.25, 0.3) is 23.0 Å². The molecule has 0 N–H and O–H groups in total. The van der Waals surface area contributed by atoms with Crippen LogP contribution in [0.15, 0.2) is 52.5 Å². The van der Waals surface area contributed by atoms with E-state index < -0.39 is 0 Å². The van der Waals surface area contributed by atoms with Gasteiger partial charge >= 0.3 is 0 Å². The van der Waals surface area contributed by atoms with Crippen molar-refractivity contribution < 1.29 is 9.53 Å². The Kier molecular flexibility index (Phi) is 6.47. The zero-order valence-electron chi connectivity index (χ0n) is 20.3. The monoisotopic (exact) mass is 503 g/mol. The van der Waals surface area contributed by atoms with E-state index in [1.54, 1.807) is 0 Å². The summed E-state index contributed by atoms with van der Waals surface area (Å²) in [7, 11) is 0. The molecule has 2 saturated heterocycles. The number of carbonyl (C=O) groups is 1. The van der Waals surface area contributed by atoms with Gasteiger partial charge in [-0.05, 0) is 48.6 Å². The van der Waals surface area contributed by atoms with Crippen LogP contribution in [0.4, 0.5) is 5.69 Å². The predicted octanol–water partition coefficient (Wildman–Crippen LogP) is 2.84. The average Bonchev–Trinajstić information content (AvgIpc) is 3.52. The van der Waals surface area contributed by atoms with E-state index in [4.69, 9.17) is 9.84 Å². The van der Waals surface area contributed by atoms with Gasteiger partial charge in [-0.2, -0.15) is 10.1 Å². The van der Waals surface area contributed by atoms with E-state index >= 15 is 0 Å². The number of amidine groups is 1. The first-order chi connectivity index (χ1) is 17.7. The number of amides is 1. The molecule has 0 aliphatic carbocycles. The van der Waals surface area contributed by atoms with Crippen molar-refractivity contribution in [2.24, 2.45) is 4.99 Å². The Bertz CT molecular complexity index is 1320. The minimum Gasteiger partial charge on any atom is -0.378 e. The zero-order chi connectivity index (χ0) is 24.5. The fourth-order valence-corrected chi connectivity index (χ4v) is 5.70. The lowest BCUT2D eigenvalue weighted by molar-refractivity contribution is -0.113. The van der Waals surface area contributed by atoms with Crippen LogP contribution in [0, 0.1) is 0 Å². The van der Waals surface area contributed by atoms with Gasteiger partial charge in [0.15, 0.2) is 10.8 Å². The van der Waals surface area contributed by atoms with Crippen molar-refractivity contribution in [2.75, 3.05) is 63.9 Å². The third-order valence-corrected chi connectivity index (χ3v) is 7.94. The molecular weight excluding hydrogens is 474 g/mol. The van der Waals surface area contributed by atoms with E-state index in [9.17, 15) is 4.79 Å². The van der Waals surface area contributed by atoms with E-state index in [2.05, 4.69) is 55.9 Å². The van der Waals surface area contributed by atoms with Crippen LogP contribution in [-0.4, -0.2) is 94.5 Å². The number of fused-ring (bicyclic) bond motifs is 1. The summed E-state index contributed by atoms with van der Waals surface area (Å²) in [5.74, 6) is -0.218. The number of nitrogens with zero attached hydrogens (tertiary/aromatic N) is 7. The number of piperazine rings is 1. The van der Waals surface area contributed by atoms with E-state index in [0.29, 0.717) is 23.8 Å². The molecule has 0 bridgehead atoms. The molecule has 0 saturated carbocycles. The van der Waals surface area contributed by atoms with Gasteiger partial charge in [0.05, 0.1) is 35.7 Å². The van der Waals surface area contributed by atoms with Crippen LogP contribution in [0.1, 0.15) is 12.6 Å². The van der Waals surface area contributed by atoms with E-state index in [1.165, 1.54) is 17.4 Å². The number of hydrogen-bond acceptors (Lipinski definition) is 8. The molecule has 186 valence electrons. The molecule has 10 heteroatoms. The highest BCUT2D eigenvalue weighted by atomic mass is 32.2. The zero-order valence-corrected chi connectivity index (χ0v) is 21.2. The van der Waals surface area contributed by atoms with E-state index in [-0.39, 0.29) is 5.91 Å². The number of likely N-dealkylation sites (N-methyl/N-ethyl adjacent to an activating group) is 1. The number of aromatic nitrogens is 3. The maximum atomic E-state index is 12.5. The third-order valence-electron chi connectivity index (χ3n) is 6.90. The van der Waals surface area contributed by atoms with Crippen molar-refractivity contribution in [1.29, 1.82) is 0 Å². The molecular formula is C26H29N7O2S. The van der Waals surface area contributed by atoms with Gasteiger partial charge in [-0.15, -0.1) is 0 Å². The summed E-state index contributed by atoms with van der Waals surface area (Å²) in [6, 6.07) is 12.4. The van der Waals surface area contributed by atoms with Gasteiger partial charge in [0.25, 0.3) is 5.91 Å². The number of aliphatic imine (C=N–C) groups is 1. The SMILES string of the molecule is CCN1CCN(c2ccc(-c3cnc4ccc(C=C5SC(N6CCOCC6)=NC5=O)nn34)cc2)CC1. The molecule has 0 atom stereocenters. The minimum absolute atomic E-state index is 0.218. The van der Waals surface area contributed by atoms with Gasteiger partial charge in [0, 0.05) is 50.5 Å². The summed E-state index contributed by atoms with van der Waals surface area (Å²) in [5, 5.41) is 5.53. The van der Waals surface area contributed by atoms with Gasteiger partial charge in [-0.1, -0.05) is 19.1 Å².